The van der Waals surface area contributed by atoms with Crippen LogP contribution >= 0.6 is 0 Å². The molecule has 0 aliphatic carbocycles. The van der Waals surface area contributed by atoms with Crippen molar-refractivity contribution in [3.63, 3.8) is 0 Å². The highest BCUT2D eigenvalue weighted by Crippen LogP contribution is 2.29. The van der Waals surface area contributed by atoms with Crippen LogP contribution in [-0.2, 0) is 4.79 Å². The minimum Gasteiger partial charge on any atom is -0.497 e. The van der Waals surface area contributed by atoms with Gasteiger partial charge in [0.05, 0.1) is 13.3 Å². The molecule has 1 saturated heterocycles. The van der Waals surface area contributed by atoms with E-state index in [1.54, 1.807) is 19.5 Å². The summed E-state index contributed by atoms with van der Waals surface area (Å²) < 4.78 is 7.22. The third-order valence-electron chi connectivity index (χ3n) is 5.28. The van der Waals surface area contributed by atoms with Crippen LogP contribution in [0.5, 0.6) is 5.75 Å². The second-order valence-electron chi connectivity index (χ2n) is 7.20. The lowest BCUT2D eigenvalue weighted by Crippen LogP contribution is -2.47. The molecule has 0 bridgehead atoms. The molecule has 0 spiro atoms. The Balaban J connectivity index is 1.50. The van der Waals surface area contributed by atoms with Crippen molar-refractivity contribution in [2.75, 3.05) is 52.2 Å². The zero-order valence-electron chi connectivity index (χ0n) is 16.8. The van der Waals surface area contributed by atoms with Crippen LogP contribution in [0, 0.1) is 0 Å². The Morgan fingerprint density at radius 1 is 1.17 bits per heavy atom. The molecule has 4 rings (SSSR count). The SMILES string of the molecule is COc1ccc(-c2nc3cnccn3c2NCCC(=O)N2CCN(C)CC2)cc1. The van der Waals surface area contributed by atoms with Crippen LogP contribution in [0.25, 0.3) is 16.9 Å². The number of carbonyl (C=O) groups is 1. The maximum atomic E-state index is 12.5. The van der Waals surface area contributed by atoms with Gasteiger partial charge in [-0.3, -0.25) is 14.2 Å². The zero-order valence-corrected chi connectivity index (χ0v) is 16.8. The first-order valence-corrected chi connectivity index (χ1v) is 9.82. The number of fused-ring (bicyclic) bond motifs is 1. The van der Waals surface area contributed by atoms with Gasteiger partial charge in [-0.25, -0.2) is 4.98 Å². The van der Waals surface area contributed by atoms with Crippen LogP contribution in [0.4, 0.5) is 5.82 Å². The number of amides is 1. The maximum Gasteiger partial charge on any atom is 0.224 e. The number of benzene rings is 1. The Hall–Kier alpha value is -3.13. The molecule has 3 heterocycles. The molecule has 8 heteroatoms. The van der Waals surface area contributed by atoms with Gasteiger partial charge >= 0.3 is 0 Å². The number of nitrogens with one attached hydrogen (secondary N) is 1. The van der Waals surface area contributed by atoms with E-state index in [0.29, 0.717) is 13.0 Å². The van der Waals surface area contributed by atoms with Gasteiger partial charge in [-0.05, 0) is 31.3 Å². The van der Waals surface area contributed by atoms with E-state index in [4.69, 9.17) is 9.72 Å². The highest BCUT2D eigenvalue weighted by molar-refractivity contribution is 5.79. The van der Waals surface area contributed by atoms with E-state index >= 15 is 0 Å². The number of hydrogen-bond acceptors (Lipinski definition) is 6. The number of imidazole rings is 1. The van der Waals surface area contributed by atoms with Crippen molar-refractivity contribution in [2.45, 2.75) is 6.42 Å². The lowest BCUT2D eigenvalue weighted by molar-refractivity contribution is -0.132. The van der Waals surface area contributed by atoms with Crippen molar-refractivity contribution in [1.29, 1.82) is 0 Å². The molecule has 0 atom stereocenters. The molecule has 3 aromatic rings. The summed E-state index contributed by atoms with van der Waals surface area (Å²) in [5, 5.41) is 3.43. The zero-order chi connectivity index (χ0) is 20.2. The van der Waals surface area contributed by atoms with Gasteiger partial charge in [-0.1, -0.05) is 0 Å². The van der Waals surface area contributed by atoms with E-state index in [1.807, 2.05) is 39.8 Å². The van der Waals surface area contributed by atoms with Crippen molar-refractivity contribution in [3.8, 4) is 17.0 Å². The molecule has 0 saturated carbocycles. The number of methoxy groups -OCH3 is 1. The summed E-state index contributed by atoms with van der Waals surface area (Å²) >= 11 is 0. The van der Waals surface area contributed by atoms with E-state index in [1.165, 1.54) is 0 Å². The van der Waals surface area contributed by atoms with Crippen LogP contribution in [0.3, 0.4) is 0 Å². The number of hydrogen-bond donors (Lipinski definition) is 1. The first-order valence-electron chi connectivity index (χ1n) is 9.82. The van der Waals surface area contributed by atoms with Gasteiger partial charge in [0.25, 0.3) is 0 Å². The topological polar surface area (TPSA) is 75.0 Å². The Bertz CT molecular complexity index is 977. The lowest BCUT2D eigenvalue weighted by Gasteiger charge is -2.32. The monoisotopic (exact) mass is 394 g/mol. The van der Waals surface area contributed by atoms with Gasteiger partial charge in [0, 0.05) is 57.1 Å². The Kier molecular flexibility index (Phi) is 5.62. The van der Waals surface area contributed by atoms with Crippen molar-refractivity contribution in [2.24, 2.45) is 0 Å². The lowest BCUT2D eigenvalue weighted by atomic mass is 10.1. The average Bonchev–Trinajstić information content (AvgIpc) is 3.13. The summed E-state index contributed by atoms with van der Waals surface area (Å²) in [5.74, 6) is 1.84. The third kappa shape index (κ3) is 4.17. The second kappa shape index (κ2) is 8.48. The van der Waals surface area contributed by atoms with Crippen LogP contribution < -0.4 is 10.1 Å². The summed E-state index contributed by atoms with van der Waals surface area (Å²) in [5.41, 5.74) is 2.56. The fraction of sp³-hybridized carbons (Fsp3) is 0.381. The average molecular weight is 394 g/mol. The Labute approximate surface area is 170 Å². The van der Waals surface area contributed by atoms with Crippen LogP contribution in [0.2, 0.25) is 0 Å². The quantitative estimate of drug-likeness (QED) is 0.689. The highest BCUT2D eigenvalue weighted by Gasteiger charge is 2.19. The number of aromatic nitrogens is 3. The molecule has 1 aliphatic heterocycles. The first-order chi connectivity index (χ1) is 14.2. The van der Waals surface area contributed by atoms with E-state index in [2.05, 4.69) is 22.2 Å². The predicted molar refractivity (Wildman–Crippen MR) is 112 cm³/mol. The summed E-state index contributed by atoms with van der Waals surface area (Å²) in [7, 11) is 3.74. The van der Waals surface area contributed by atoms with Gasteiger partial charge in [0.1, 0.15) is 17.3 Å². The Morgan fingerprint density at radius 3 is 2.66 bits per heavy atom. The molecule has 1 N–H and O–H groups in total. The predicted octanol–water partition coefficient (Wildman–Crippen LogP) is 1.98. The normalized spacial score (nSPS) is 14.9. The number of likely N-dealkylation sites (N-methyl/N-ethyl adjacent to an activating group) is 1. The minimum absolute atomic E-state index is 0.187. The minimum atomic E-state index is 0.187. The number of nitrogens with zero attached hydrogens (tertiary/aromatic N) is 5. The molecule has 152 valence electrons. The molecule has 8 nitrogen and oxygen atoms in total. The van der Waals surface area contributed by atoms with Crippen molar-refractivity contribution >= 4 is 17.4 Å². The van der Waals surface area contributed by atoms with Gasteiger partial charge < -0.3 is 19.9 Å². The smallest absolute Gasteiger partial charge is 0.224 e. The molecular weight excluding hydrogens is 368 g/mol. The van der Waals surface area contributed by atoms with Gasteiger partial charge in [-0.15, -0.1) is 0 Å². The number of anilines is 1. The highest BCUT2D eigenvalue weighted by atomic mass is 16.5. The van der Waals surface area contributed by atoms with E-state index in [0.717, 1.165) is 54.7 Å². The number of piperazine rings is 1. The van der Waals surface area contributed by atoms with Gasteiger partial charge in [-0.2, -0.15) is 0 Å². The van der Waals surface area contributed by atoms with Crippen molar-refractivity contribution in [3.05, 3.63) is 42.9 Å². The summed E-state index contributed by atoms with van der Waals surface area (Å²) in [4.78, 5) is 25.6. The molecule has 1 amide bonds. The van der Waals surface area contributed by atoms with E-state index in [-0.39, 0.29) is 5.91 Å². The summed E-state index contributed by atoms with van der Waals surface area (Å²) in [6, 6.07) is 7.79. The first kappa shape index (κ1) is 19.2. The fourth-order valence-corrected chi connectivity index (χ4v) is 3.53. The maximum absolute atomic E-state index is 12.5. The molecule has 1 fully saturated rings. The third-order valence-corrected chi connectivity index (χ3v) is 5.28. The largest absolute Gasteiger partial charge is 0.497 e. The molecule has 0 radical (unpaired) electrons. The molecule has 0 unspecified atom stereocenters. The molecule has 1 aliphatic rings. The summed E-state index contributed by atoms with van der Waals surface area (Å²) in [6.07, 6.45) is 5.78. The van der Waals surface area contributed by atoms with E-state index < -0.39 is 0 Å². The van der Waals surface area contributed by atoms with Crippen LogP contribution in [0.15, 0.2) is 42.9 Å². The molecule has 29 heavy (non-hydrogen) atoms. The van der Waals surface area contributed by atoms with Crippen LogP contribution in [0.1, 0.15) is 6.42 Å². The van der Waals surface area contributed by atoms with Crippen LogP contribution in [-0.4, -0.2) is 77.0 Å². The molecular formula is C21H26N6O2. The van der Waals surface area contributed by atoms with Crippen molar-refractivity contribution < 1.29 is 9.53 Å². The van der Waals surface area contributed by atoms with E-state index in [9.17, 15) is 4.79 Å². The molecule has 2 aromatic heterocycles. The number of rotatable bonds is 6. The molecule has 1 aromatic carbocycles. The number of ether oxygens (including phenoxy) is 1. The fourth-order valence-electron chi connectivity index (χ4n) is 3.53. The standard InChI is InChI=1S/C21H26N6O2/c1-25-11-13-26(14-12-25)19(28)7-8-23-21-20(16-3-5-17(29-2)6-4-16)24-18-15-22-9-10-27(18)21/h3-6,9-10,15,23H,7-8,11-14H2,1-2H3. The number of carbonyl (C=O) groups excluding carboxylic acids is 1. The summed E-state index contributed by atoms with van der Waals surface area (Å²) in [6.45, 7) is 4.01. The second-order valence-corrected chi connectivity index (χ2v) is 7.20. The van der Waals surface area contributed by atoms with Gasteiger partial charge in [0.15, 0.2) is 5.65 Å². The Morgan fingerprint density at radius 2 is 1.93 bits per heavy atom. The van der Waals surface area contributed by atoms with Crippen molar-refractivity contribution in [1.82, 2.24) is 24.2 Å². The van der Waals surface area contributed by atoms with Gasteiger partial charge in [0.2, 0.25) is 5.91 Å².